The van der Waals surface area contributed by atoms with Crippen LogP contribution in [-0.2, 0) is 11.2 Å². The Balaban J connectivity index is 0.00000300. The van der Waals surface area contributed by atoms with E-state index in [9.17, 15) is 0 Å². The number of anilines is 1. The Kier molecular flexibility index (Phi) is 12.2. The molecule has 1 aliphatic heterocycles. The van der Waals surface area contributed by atoms with Crippen LogP contribution in [0.15, 0.2) is 10.4 Å². The van der Waals surface area contributed by atoms with Crippen LogP contribution in [0.5, 0.6) is 0 Å². The fourth-order valence-corrected chi connectivity index (χ4v) is 4.77. The summed E-state index contributed by atoms with van der Waals surface area (Å²) < 4.78 is 5.99. The van der Waals surface area contributed by atoms with Gasteiger partial charge in [0.05, 0.1) is 11.8 Å². The van der Waals surface area contributed by atoms with E-state index in [2.05, 4.69) is 32.8 Å². The number of ether oxygens (including phenoxy) is 1. The van der Waals surface area contributed by atoms with Crippen molar-refractivity contribution in [2.45, 2.75) is 70.8 Å². The molecule has 2 aliphatic rings. The summed E-state index contributed by atoms with van der Waals surface area (Å²) in [6, 6.07) is 0. The Morgan fingerprint density at radius 3 is 2.76 bits per heavy atom. The van der Waals surface area contributed by atoms with E-state index in [0.29, 0.717) is 6.10 Å². The summed E-state index contributed by atoms with van der Waals surface area (Å²) in [5, 5.41) is 10.2. The van der Waals surface area contributed by atoms with E-state index in [1.54, 1.807) is 11.3 Å². The molecule has 2 N–H and O–H groups in total. The number of hydrogen-bond donors (Lipinski definition) is 2. The van der Waals surface area contributed by atoms with Crippen molar-refractivity contribution in [1.29, 1.82) is 0 Å². The summed E-state index contributed by atoms with van der Waals surface area (Å²) in [7, 11) is 0. The van der Waals surface area contributed by atoms with Gasteiger partial charge in [0.25, 0.3) is 0 Å². The van der Waals surface area contributed by atoms with Crippen LogP contribution in [0.2, 0.25) is 0 Å². The van der Waals surface area contributed by atoms with Gasteiger partial charge in [0.15, 0.2) is 11.1 Å². The van der Waals surface area contributed by atoms with Crippen LogP contribution >= 0.6 is 35.3 Å². The van der Waals surface area contributed by atoms with Gasteiger partial charge < -0.3 is 20.3 Å². The van der Waals surface area contributed by atoms with Crippen LogP contribution in [0.3, 0.4) is 0 Å². The number of aromatic nitrogens is 1. The van der Waals surface area contributed by atoms with Crippen LogP contribution in [0.1, 0.15) is 64.0 Å². The summed E-state index contributed by atoms with van der Waals surface area (Å²) in [5.41, 5.74) is 1.18. The highest BCUT2D eigenvalue weighted by Crippen LogP contribution is 2.24. The van der Waals surface area contributed by atoms with Crippen molar-refractivity contribution in [3.8, 4) is 0 Å². The van der Waals surface area contributed by atoms with E-state index < -0.39 is 0 Å². The van der Waals surface area contributed by atoms with Crippen LogP contribution in [-0.4, -0.2) is 56.4 Å². The molecule has 0 amide bonds. The first-order valence-electron chi connectivity index (χ1n) is 11.2. The number of guanidine groups is 1. The zero-order valence-electron chi connectivity index (χ0n) is 17.8. The molecule has 0 bridgehead atoms. The fourth-order valence-electron chi connectivity index (χ4n) is 3.85. The highest BCUT2D eigenvalue weighted by atomic mass is 127. The molecule has 6 nitrogen and oxygen atoms in total. The van der Waals surface area contributed by atoms with Crippen molar-refractivity contribution in [2.24, 2.45) is 4.99 Å². The van der Waals surface area contributed by atoms with E-state index in [-0.39, 0.29) is 24.0 Å². The van der Waals surface area contributed by atoms with E-state index >= 15 is 0 Å². The van der Waals surface area contributed by atoms with Gasteiger partial charge in [0, 0.05) is 51.1 Å². The molecule has 1 saturated heterocycles. The minimum Gasteiger partial charge on any atom is -0.378 e. The smallest absolute Gasteiger partial charge is 0.191 e. The third-order valence-electron chi connectivity index (χ3n) is 5.41. The average molecular weight is 536 g/mol. The molecule has 2 heterocycles. The van der Waals surface area contributed by atoms with Gasteiger partial charge in [-0.25, -0.2) is 4.98 Å². The molecule has 0 spiro atoms. The van der Waals surface area contributed by atoms with Crippen molar-refractivity contribution < 1.29 is 4.74 Å². The summed E-state index contributed by atoms with van der Waals surface area (Å²) in [6.45, 7) is 7.78. The largest absolute Gasteiger partial charge is 0.378 e. The predicted molar refractivity (Wildman–Crippen MR) is 134 cm³/mol. The van der Waals surface area contributed by atoms with Gasteiger partial charge in [0.2, 0.25) is 0 Å². The Hall–Kier alpha value is -0.610. The number of nitrogens with one attached hydrogen (secondary N) is 2. The Bertz CT molecular complexity index is 585. The minimum atomic E-state index is 0. The molecule has 3 rings (SSSR count). The average Bonchev–Trinajstić information content (AvgIpc) is 3.40. The highest BCUT2D eigenvalue weighted by molar-refractivity contribution is 14.0. The summed E-state index contributed by atoms with van der Waals surface area (Å²) in [5.74, 6) is 0.898. The zero-order valence-corrected chi connectivity index (χ0v) is 21.0. The first-order chi connectivity index (χ1) is 13.8. The second kappa shape index (κ2) is 14.4. The van der Waals surface area contributed by atoms with E-state index in [4.69, 9.17) is 9.72 Å². The lowest BCUT2D eigenvalue weighted by Crippen LogP contribution is -2.38. The molecule has 0 unspecified atom stereocenters. The summed E-state index contributed by atoms with van der Waals surface area (Å²) in [6.07, 6.45) is 11.5. The molecule has 1 aromatic rings. The molecule has 2 fully saturated rings. The molecular weight excluding hydrogens is 497 g/mol. The van der Waals surface area contributed by atoms with Gasteiger partial charge in [0.1, 0.15) is 0 Å². The Labute approximate surface area is 197 Å². The van der Waals surface area contributed by atoms with Gasteiger partial charge in [-0.05, 0) is 39.0 Å². The first kappa shape index (κ1) is 24.7. The normalized spacial score (nSPS) is 18.0. The first-order valence-corrected chi connectivity index (χ1v) is 12.1. The Morgan fingerprint density at radius 2 is 2.00 bits per heavy atom. The van der Waals surface area contributed by atoms with Crippen molar-refractivity contribution in [1.82, 2.24) is 15.6 Å². The van der Waals surface area contributed by atoms with Crippen molar-refractivity contribution in [3.05, 3.63) is 11.1 Å². The molecule has 1 saturated carbocycles. The zero-order chi connectivity index (χ0) is 19.4. The molecule has 8 heteroatoms. The van der Waals surface area contributed by atoms with Gasteiger partial charge in [-0.3, -0.25) is 4.99 Å². The monoisotopic (exact) mass is 535 g/mol. The maximum Gasteiger partial charge on any atom is 0.191 e. The number of thiazole rings is 1. The van der Waals surface area contributed by atoms with Crippen molar-refractivity contribution >= 4 is 46.4 Å². The van der Waals surface area contributed by atoms with Crippen LogP contribution < -0.4 is 15.5 Å². The summed E-state index contributed by atoms with van der Waals surface area (Å²) >= 11 is 1.77. The second-order valence-corrected chi connectivity index (χ2v) is 8.57. The number of rotatable bonds is 10. The predicted octanol–water partition coefficient (Wildman–Crippen LogP) is 4.20. The van der Waals surface area contributed by atoms with E-state index in [1.165, 1.54) is 55.8 Å². The molecule has 1 aliphatic carbocycles. The topological polar surface area (TPSA) is 61.8 Å². The number of halogens is 1. The van der Waals surface area contributed by atoms with Gasteiger partial charge in [-0.15, -0.1) is 35.3 Å². The lowest BCUT2D eigenvalue weighted by Gasteiger charge is -2.21. The third-order valence-corrected chi connectivity index (χ3v) is 6.36. The fraction of sp³-hybridized carbons (Fsp3) is 0.810. The van der Waals surface area contributed by atoms with E-state index in [1.807, 2.05) is 0 Å². The van der Waals surface area contributed by atoms with Crippen molar-refractivity contribution in [2.75, 3.05) is 44.2 Å². The SMILES string of the molecule is CCNC(=NCCCOC1CCCCC1)NCCc1csc(N2CCCC2)n1.I. The third kappa shape index (κ3) is 8.96. The van der Waals surface area contributed by atoms with Gasteiger partial charge in [-0.2, -0.15) is 0 Å². The lowest BCUT2D eigenvalue weighted by atomic mass is 9.98. The molecule has 0 radical (unpaired) electrons. The van der Waals surface area contributed by atoms with E-state index in [0.717, 1.165) is 58.1 Å². The van der Waals surface area contributed by atoms with Gasteiger partial charge >= 0.3 is 0 Å². The maximum atomic E-state index is 5.99. The van der Waals surface area contributed by atoms with Gasteiger partial charge in [-0.1, -0.05) is 19.3 Å². The maximum absolute atomic E-state index is 5.99. The number of aliphatic imine (C=N–C) groups is 1. The molecule has 0 aromatic carbocycles. The van der Waals surface area contributed by atoms with Crippen LogP contribution in [0, 0.1) is 0 Å². The highest BCUT2D eigenvalue weighted by Gasteiger charge is 2.15. The minimum absolute atomic E-state index is 0. The molecule has 166 valence electrons. The summed E-state index contributed by atoms with van der Waals surface area (Å²) in [4.78, 5) is 11.9. The lowest BCUT2D eigenvalue weighted by molar-refractivity contribution is 0.0281. The standard InChI is InChI=1S/C21H37N5OS.HI/c1-2-22-20(23-12-8-16-27-19-9-4-3-5-10-19)24-13-11-18-17-28-21(25-18)26-14-6-7-15-26;/h17,19H,2-16H2,1H3,(H2,22,23,24);1H. The number of nitrogens with zero attached hydrogens (tertiary/aromatic N) is 3. The van der Waals surface area contributed by atoms with Crippen LogP contribution in [0.4, 0.5) is 5.13 Å². The second-order valence-electron chi connectivity index (χ2n) is 7.74. The molecule has 1 aromatic heterocycles. The Morgan fingerprint density at radius 1 is 1.21 bits per heavy atom. The molecule has 29 heavy (non-hydrogen) atoms. The van der Waals surface area contributed by atoms with Crippen LogP contribution in [0.25, 0.3) is 0 Å². The molecule has 0 atom stereocenters. The van der Waals surface area contributed by atoms with Crippen molar-refractivity contribution in [3.63, 3.8) is 0 Å². The number of hydrogen-bond acceptors (Lipinski definition) is 5. The molecular formula is C21H38IN5OS. The quantitative estimate of drug-likeness (QED) is 0.204.